The fourth-order valence-electron chi connectivity index (χ4n) is 2.67. The number of nitrogens with zero attached hydrogens (tertiary/aromatic N) is 2. The average molecular weight is 241 g/mol. The predicted octanol–water partition coefficient (Wildman–Crippen LogP) is -0.735. The normalized spacial score (nSPS) is 27.1. The first kappa shape index (κ1) is 12.8. The Balaban J connectivity index is 1.83. The minimum absolute atomic E-state index is 0.0550. The second-order valence-electron chi connectivity index (χ2n) is 4.89. The summed E-state index contributed by atoms with van der Waals surface area (Å²) in [4.78, 5) is 16.4. The molecule has 0 aromatic carbocycles. The van der Waals surface area contributed by atoms with Gasteiger partial charge in [-0.2, -0.15) is 0 Å². The van der Waals surface area contributed by atoms with Crippen LogP contribution in [0.2, 0.25) is 0 Å². The van der Waals surface area contributed by atoms with Crippen LogP contribution in [0.1, 0.15) is 19.3 Å². The van der Waals surface area contributed by atoms with Crippen molar-refractivity contribution < 1.29 is 9.90 Å². The van der Waals surface area contributed by atoms with Gasteiger partial charge in [0.1, 0.15) is 0 Å². The fourth-order valence-corrected chi connectivity index (χ4v) is 2.67. The topological polar surface area (TPSA) is 55.8 Å². The number of carbonyl (C=O) groups is 1. The fraction of sp³-hybridized carbons (Fsp3) is 0.917. The quantitative estimate of drug-likeness (QED) is 0.684. The van der Waals surface area contributed by atoms with Crippen LogP contribution in [0.25, 0.3) is 0 Å². The van der Waals surface area contributed by atoms with Crippen molar-refractivity contribution >= 4 is 5.91 Å². The maximum atomic E-state index is 12.2. The zero-order valence-electron chi connectivity index (χ0n) is 10.4. The van der Waals surface area contributed by atoms with Gasteiger partial charge in [-0.1, -0.05) is 0 Å². The monoisotopic (exact) mass is 241 g/mol. The molecule has 0 aromatic rings. The lowest BCUT2D eigenvalue weighted by molar-refractivity contribution is -0.132. The molecule has 2 heterocycles. The van der Waals surface area contributed by atoms with Gasteiger partial charge in [0.25, 0.3) is 0 Å². The molecule has 2 rings (SSSR count). The van der Waals surface area contributed by atoms with Gasteiger partial charge in [0, 0.05) is 26.2 Å². The van der Waals surface area contributed by atoms with Crippen molar-refractivity contribution in [2.24, 2.45) is 0 Å². The van der Waals surface area contributed by atoms with Crippen molar-refractivity contribution in [3.8, 4) is 0 Å². The number of hydrogen-bond donors (Lipinski definition) is 2. The Hall–Kier alpha value is -0.650. The molecule has 17 heavy (non-hydrogen) atoms. The van der Waals surface area contributed by atoms with Crippen LogP contribution in [0, 0.1) is 0 Å². The summed E-state index contributed by atoms with van der Waals surface area (Å²) in [5.41, 5.74) is 0. The molecule has 2 aliphatic rings. The largest absolute Gasteiger partial charge is 0.395 e. The van der Waals surface area contributed by atoms with Gasteiger partial charge in [0.2, 0.25) is 5.91 Å². The van der Waals surface area contributed by atoms with Crippen LogP contribution >= 0.6 is 0 Å². The van der Waals surface area contributed by atoms with E-state index < -0.39 is 0 Å². The Morgan fingerprint density at radius 2 is 2.12 bits per heavy atom. The Morgan fingerprint density at radius 3 is 2.82 bits per heavy atom. The molecule has 2 aliphatic heterocycles. The lowest BCUT2D eigenvalue weighted by Crippen LogP contribution is -2.45. The molecule has 0 spiro atoms. The van der Waals surface area contributed by atoms with E-state index in [1.165, 1.54) is 0 Å². The smallest absolute Gasteiger partial charge is 0.239 e. The van der Waals surface area contributed by atoms with Gasteiger partial charge in [-0.25, -0.2) is 0 Å². The number of hydrogen-bond acceptors (Lipinski definition) is 4. The lowest BCUT2D eigenvalue weighted by Gasteiger charge is -2.24. The van der Waals surface area contributed by atoms with Gasteiger partial charge >= 0.3 is 0 Å². The molecule has 0 radical (unpaired) electrons. The van der Waals surface area contributed by atoms with Gasteiger partial charge in [0.15, 0.2) is 0 Å². The van der Waals surface area contributed by atoms with Crippen molar-refractivity contribution in [2.45, 2.75) is 25.3 Å². The molecule has 0 saturated carbocycles. The highest BCUT2D eigenvalue weighted by Crippen LogP contribution is 2.11. The number of aliphatic hydroxyl groups is 1. The Labute approximate surface area is 103 Å². The van der Waals surface area contributed by atoms with Crippen molar-refractivity contribution in [3.63, 3.8) is 0 Å². The van der Waals surface area contributed by atoms with Crippen molar-refractivity contribution in [3.05, 3.63) is 0 Å². The summed E-state index contributed by atoms with van der Waals surface area (Å²) < 4.78 is 0. The summed E-state index contributed by atoms with van der Waals surface area (Å²) in [6, 6.07) is 0.0550. The van der Waals surface area contributed by atoms with Crippen LogP contribution < -0.4 is 5.32 Å². The summed E-state index contributed by atoms with van der Waals surface area (Å²) in [5, 5.41) is 12.2. The molecule has 2 N–H and O–H groups in total. The van der Waals surface area contributed by atoms with Crippen LogP contribution in [-0.2, 0) is 4.79 Å². The Kier molecular flexibility index (Phi) is 4.76. The zero-order chi connectivity index (χ0) is 12.1. The molecule has 98 valence electrons. The third-order valence-corrected chi connectivity index (χ3v) is 3.67. The highest BCUT2D eigenvalue weighted by atomic mass is 16.3. The summed E-state index contributed by atoms with van der Waals surface area (Å²) in [6.07, 6.45) is 3.11. The molecule has 5 nitrogen and oxygen atoms in total. The molecular formula is C12H23N3O2. The molecule has 0 aliphatic carbocycles. The van der Waals surface area contributed by atoms with Crippen molar-refractivity contribution in [2.75, 3.05) is 45.9 Å². The van der Waals surface area contributed by atoms with E-state index in [9.17, 15) is 4.79 Å². The van der Waals surface area contributed by atoms with E-state index in [0.717, 1.165) is 58.5 Å². The maximum Gasteiger partial charge on any atom is 0.239 e. The number of rotatable bonds is 3. The average Bonchev–Trinajstić information content (AvgIpc) is 2.76. The van der Waals surface area contributed by atoms with Crippen LogP contribution in [-0.4, -0.2) is 72.7 Å². The SMILES string of the molecule is O=C([C@H]1CCCN1)N1CCCN(CCO)CC1. The van der Waals surface area contributed by atoms with Crippen LogP contribution in [0.4, 0.5) is 0 Å². The van der Waals surface area contributed by atoms with Gasteiger partial charge in [-0.05, 0) is 32.4 Å². The standard InChI is InChI=1S/C12H23N3O2/c16-10-9-14-5-2-6-15(8-7-14)12(17)11-3-1-4-13-11/h11,13,16H,1-10H2/t11-/m1/s1. The molecule has 0 aromatic heterocycles. The van der Waals surface area contributed by atoms with E-state index in [-0.39, 0.29) is 18.6 Å². The summed E-state index contributed by atoms with van der Waals surface area (Å²) in [6.45, 7) is 5.44. The number of amides is 1. The van der Waals surface area contributed by atoms with Crippen LogP contribution in [0.15, 0.2) is 0 Å². The number of carbonyl (C=O) groups excluding carboxylic acids is 1. The molecule has 2 saturated heterocycles. The first-order valence-electron chi connectivity index (χ1n) is 6.66. The second-order valence-corrected chi connectivity index (χ2v) is 4.89. The Bertz CT molecular complexity index is 254. The van der Waals surface area contributed by atoms with Gasteiger partial charge in [-0.3, -0.25) is 9.69 Å². The number of aliphatic hydroxyl groups excluding tert-OH is 1. The maximum absolute atomic E-state index is 12.2. The van der Waals surface area contributed by atoms with E-state index >= 15 is 0 Å². The van der Waals surface area contributed by atoms with E-state index in [1.54, 1.807) is 0 Å². The highest BCUT2D eigenvalue weighted by Gasteiger charge is 2.27. The Morgan fingerprint density at radius 1 is 1.24 bits per heavy atom. The van der Waals surface area contributed by atoms with Gasteiger partial charge in [-0.15, -0.1) is 0 Å². The van der Waals surface area contributed by atoms with Crippen LogP contribution in [0.3, 0.4) is 0 Å². The highest BCUT2D eigenvalue weighted by molar-refractivity contribution is 5.82. The van der Waals surface area contributed by atoms with Gasteiger partial charge in [0.05, 0.1) is 12.6 Å². The van der Waals surface area contributed by atoms with Crippen molar-refractivity contribution in [1.29, 1.82) is 0 Å². The van der Waals surface area contributed by atoms with Crippen molar-refractivity contribution in [1.82, 2.24) is 15.1 Å². The van der Waals surface area contributed by atoms with Crippen LogP contribution in [0.5, 0.6) is 0 Å². The molecule has 0 unspecified atom stereocenters. The zero-order valence-corrected chi connectivity index (χ0v) is 10.4. The molecule has 1 atom stereocenters. The minimum Gasteiger partial charge on any atom is -0.395 e. The van der Waals surface area contributed by atoms with E-state index in [0.29, 0.717) is 0 Å². The third kappa shape index (κ3) is 3.40. The summed E-state index contributed by atoms with van der Waals surface area (Å²) in [5.74, 6) is 0.272. The third-order valence-electron chi connectivity index (χ3n) is 3.67. The lowest BCUT2D eigenvalue weighted by atomic mass is 10.2. The first-order chi connectivity index (χ1) is 8.31. The van der Waals surface area contributed by atoms with E-state index in [1.807, 2.05) is 4.90 Å². The number of β-amino-alcohol motifs (C(OH)–C–C–N with tert-alkyl or cyclic N) is 1. The molecule has 5 heteroatoms. The predicted molar refractivity (Wildman–Crippen MR) is 65.7 cm³/mol. The summed E-state index contributed by atoms with van der Waals surface area (Å²) in [7, 11) is 0. The number of nitrogens with one attached hydrogen (secondary N) is 1. The van der Waals surface area contributed by atoms with E-state index in [4.69, 9.17) is 5.11 Å². The molecule has 2 fully saturated rings. The van der Waals surface area contributed by atoms with Gasteiger partial charge < -0.3 is 15.3 Å². The molecular weight excluding hydrogens is 218 g/mol. The van der Waals surface area contributed by atoms with E-state index in [2.05, 4.69) is 10.2 Å². The first-order valence-corrected chi connectivity index (χ1v) is 6.66. The minimum atomic E-state index is 0.0550. The summed E-state index contributed by atoms with van der Waals surface area (Å²) >= 11 is 0. The second kappa shape index (κ2) is 6.33. The molecule has 1 amide bonds. The molecule has 0 bridgehead atoms.